The molecule has 5 rings (SSSR count). The highest BCUT2D eigenvalue weighted by Crippen LogP contribution is 2.55. The number of fused-ring (bicyclic) bond motifs is 5. The van der Waals surface area contributed by atoms with Crippen molar-refractivity contribution in [2.45, 2.75) is 43.6 Å². The van der Waals surface area contributed by atoms with Crippen LogP contribution in [0.3, 0.4) is 0 Å². The van der Waals surface area contributed by atoms with Gasteiger partial charge < -0.3 is 9.47 Å². The Labute approximate surface area is 142 Å². The van der Waals surface area contributed by atoms with E-state index in [9.17, 15) is 0 Å². The summed E-state index contributed by atoms with van der Waals surface area (Å²) in [5.74, 6) is 0.991. The first-order valence-corrected chi connectivity index (χ1v) is 8.79. The van der Waals surface area contributed by atoms with Crippen LogP contribution < -0.4 is 0 Å². The Morgan fingerprint density at radius 1 is 0.875 bits per heavy atom. The molecule has 0 saturated carbocycles. The molecule has 2 bridgehead atoms. The summed E-state index contributed by atoms with van der Waals surface area (Å²) < 4.78 is 12.9. The summed E-state index contributed by atoms with van der Waals surface area (Å²) in [4.78, 5) is 4.84. The summed E-state index contributed by atoms with van der Waals surface area (Å²) in [5, 5.41) is 0. The molecule has 2 fully saturated rings. The van der Waals surface area contributed by atoms with Crippen LogP contribution in [0.2, 0.25) is 0 Å². The summed E-state index contributed by atoms with van der Waals surface area (Å²) in [6.45, 7) is 1.98. The first-order valence-electron chi connectivity index (χ1n) is 8.79. The fourth-order valence-corrected chi connectivity index (χ4v) is 4.90. The minimum absolute atomic E-state index is 0.193. The molecule has 0 N–H and O–H groups in total. The molecule has 3 nitrogen and oxygen atoms in total. The van der Waals surface area contributed by atoms with E-state index in [0.29, 0.717) is 0 Å². The maximum absolute atomic E-state index is 6.58. The molecule has 2 aromatic rings. The van der Waals surface area contributed by atoms with E-state index in [-0.39, 0.29) is 24.2 Å². The highest BCUT2D eigenvalue weighted by atomic mass is 16.5. The third-order valence-electron chi connectivity index (χ3n) is 5.75. The van der Waals surface area contributed by atoms with Crippen molar-refractivity contribution >= 4 is 5.90 Å². The zero-order chi connectivity index (χ0) is 16.1. The summed E-state index contributed by atoms with van der Waals surface area (Å²) in [6, 6.07) is 21.4. The molecule has 0 radical (unpaired) electrons. The lowest BCUT2D eigenvalue weighted by atomic mass is 9.67. The highest BCUT2D eigenvalue weighted by Gasteiger charge is 2.62. The zero-order valence-electron chi connectivity index (χ0n) is 13.8. The van der Waals surface area contributed by atoms with Crippen molar-refractivity contribution in [1.82, 2.24) is 0 Å². The molecule has 2 aromatic carbocycles. The normalized spacial score (nSPS) is 32.8. The Morgan fingerprint density at radius 3 is 2.08 bits per heavy atom. The zero-order valence-corrected chi connectivity index (χ0v) is 13.8. The third kappa shape index (κ3) is 1.85. The lowest BCUT2D eigenvalue weighted by molar-refractivity contribution is -0.0217. The Bertz CT molecular complexity index is 731. The molecule has 0 unspecified atom stereocenters. The van der Waals surface area contributed by atoms with Crippen LogP contribution >= 0.6 is 0 Å². The lowest BCUT2D eigenvalue weighted by Crippen LogP contribution is -2.53. The topological polar surface area (TPSA) is 30.8 Å². The average Bonchev–Trinajstić information content (AvgIpc) is 3.24. The van der Waals surface area contributed by atoms with Crippen LogP contribution in [0.15, 0.2) is 65.7 Å². The first-order chi connectivity index (χ1) is 11.8. The van der Waals surface area contributed by atoms with E-state index in [0.717, 1.165) is 18.7 Å². The van der Waals surface area contributed by atoms with Crippen molar-refractivity contribution in [3.05, 3.63) is 71.8 Å². The summed E-state index contributed by atoms with van der Waals surface area (Å²) >= 11 is 0. The Kier molecular flexibility index (Phi) is 3.07. The number of ether oxygens (including phenoxy) is 2. The van der Waals surface area contributed by atoms with E-state index < -0.39 is 5.60 Å². The molecule has 3 heteroatoms. The molecule has 24 heavy (non-hydrogen) atoms. The van der Waals surface area contributed by atoms with Crippen molar-refractivity contribution < 1.29 is 9.47 Å². The molecular weight excluding hydrogens is 298 g/mol. The van der Waals surface area contributed by atoms with Gasteiger partial charge in [-0.15, -0.1) is 0 Å². The second kappa shape index (κ2) is 5.18. The average molecular weight is 319 g/mol. The van der Waals surface area contributed by atoms with Gasteiger partial charge in [-0.25, -0.2) is 4.99 Å². The van der Waals surface area contributed by atoms with E-state index in [4.69, 9.17) is 14.5 Å². The van der Waals surface area contributed by atoms with Gasteiger partial charge in [0, 0.05) is 18.1 Å². The molecule has 0 aliphatic carbocycles. The molecular formula is C21H21NO2. The fraction of sp³-hybridized carbons (Fsp3) is 0.381. The molecule has 3 aliphatic rings. The lowest BCUT2D eigenvalue weighted by Gasteiger charge is -2.47. The second-order valence-corrected chi connectivity index (χ2v) is 7.02. The number of aliphatic imine (C=N–C) groups is 1. The smallest absolute Gasteiger partial charge is 0.182 e. The van der Waals surface area contributed by atoms with Crippen LogP contribution in [-0.4, -0.2) is 24.1 Å². The van der Waals surface area contributed by atoms with Crippen molar-refractivity contribution in [3.63, 3.8) is 0 Å². The molecule has 3 heterocycles. The largest absolute Gasteiger partial charge is 0.465 e. The second-order valence-electron chi connectivity index (χ2n) is 7.02. The Balaban J connectivity index is 1.77. The van der Waals surface area contributed by atoms with Gasteiger partial charge in [0.25, 0.3) is 0 Å². The predicted octanol–water partition coefficient (Wildman–Crippen LogP) is 3.92. The van der Waals surface area contributed by atoms with Crippen LogP contribution in [0.5, 0.6) is 0 Å². The van der Waals surface area contributed by atoms with Gasteiger partial charge in [0.15, 0.2) is 11.5 Å². The summed E-state index contributed by atoms with van der Waals surface area (Å²) in [7, 11) is 0. The van der Waals surface area contributed by atoms with Gasteiger partial charge in [-0.2, -0.15) is 0 Å². The predicted molar refractivity (Wildman–Crippen MR) is 93.0 cm³/mol. The van der Waals surface area contributed by atoms with Crippen molar-refractivity contribution in [2.24, 2.45) is 10.9 Å². The third-order valence-corrected chi connectivity index (χ3v) is 5.75. The van der Waals surface area contributed by atoms with Crippen LogP contribution in [0, 0.1) is 5.92 Å². The Hall–Kier alpha value is -2.13. The van der Waals surface area contributed by atoms with Gasteiger partial charge in [-0.3, -0.25) is 0 Å². The van der Waals surface area contributed by atoms with Crippen molar-refractivity contribution in [3.8, 4) is 0 Å². The summed E-state index contributed by atoms with van der Waals surface area (Å²) in [6.07, 6.45) is 2.68. The standard InChI is InChI=1S/C21H21NO2/c1-14-22-20-18-13-12-17(23-18)19(20)21(24-14,15-8-4-2-5-9-15)16-10-6-3-7-11-16/h2-11,17-20H,12-13H2,1H3/t17-,18+,19-,20+/m0/s1. The number of hydrogen-bond donors (Lipinski definition) is 0. The number of benzene rings is 2. The SMILES string of the molecule is CC1=N[C@H]2[C@H]([C@@H]3CC[C@H]2O3)C(c2ccccc2)(c2ccccc2)O1. The maximum atomic E-state index is 6.58. The van der Waals surface area contributed by atoms with Gasteiger partial charge >= 0.3 is 0 Å². The minimum atomic E-state index is -0.515. The molecule has 4 atom stereocenters. The maximum Gasteiger partial charge on any atom is 0.182 e. The Morgan fingerprint density at radius 2 is 1.46 bits per heavy atom. The minimum Gasteiger partial charge on any atom is -0.465 e. The quantitative estimate of drug-likeness (QED) is 0.840. The van der Waals surface area contributed by atoms with Crippen molar-refractivity contribution in [1.29, 1.82) is 0 Å². The molecule has 0 amide bonds. The van der Waals surface area contributed by atoms with E-state index in [1.807, 2.05) is 6.92 Å². The van der Waals surface area contributed by atoms with Crippen LogP contribution in [0.1, 0.15) is 30.9 Å². The van der Waals surface area contributed by atoms with Gasteiger partial charge in [0.1, 0.15) is 0 Å². The number of nitrogens with zero attached hydrogens (tertiary/aromatic N) is 1. The van der Waals surface area contributed by atoms with Crippen LogP contribution in [0.25, 0.3) is 0 Å². The molecule has 3 aliphatic heterocycles. The van der Waals surface area contributed by atoms with E-state index in [2.05, 4.69) is 60.7 Å². The highest BCUT2D eigenvalue weighted by molar-refractivity contribution is 5.76. The monoisotopic (exact) mass is 319 g/mol. The summed E-state index contributed by atoms with van der Waals surface area (Å²) in [5.41, 5.74) is 1.87. The molecule has 0 aromatic heterocycles. The van der Waals surface area contributed by atoms with E-state index >= 15 is 0 Å². The molecule has 122 valence electrons. The fourth-order valence-electron chi connectivity index (χ4n) is 4.90. The van der Waals surface area contributed by atoms with E-state index in [1.165, 1.54) is 11.1 Å². The van der Waals surface area contributed by atoms with Crippen LogP contribution in [-0.2, 0) is 15.1 Å². The molecule has 0 spiro atoms. The van der Waals surface area contributed by atoms with E-state index in [1.54, 1.807) is 0 Å². The van der Waals surface area contributed by atoms with Gasteiger partial charge in [-0.05, 0) is 12.8 Å². The first kappa shape index (κ1) is 14.2. The number of rotatable bonds is 2. The number of hydrogen-bond acceptors (Lipinski definition) is 3. The molecule has 2 saturated heterocycles. The van der Waals surface area contributed by atoms with Gasteiger partial charge in [-0.1, -0.05) is 60.7 Å². The van der Waals surface area contributed by atoms with Crippen molar-refractivity contribution in [2.75, 3.05) is 0 Å². The van der Waals surface area contributed by atoms with Crippen LogP contribution in [0.4, 0.5) is 0 Å². The van der Waals surface area contributed by atoms with Gasteiger partial charge in [0.2, 0.25) is 0 Å². The van der Waals surface area contributed by atoms with Gasteiger partial charge in [0.05, 0.1) is 24.2 Å².